The minimum atomic E-state index is -0.401. The summed E-state index contributed by atoms with van der Waals surface area (Å²) in [6.07, 6.45) is 3.66. The third-order valence-corrected chi connectivity index (χ3v) is 3.65. The van der Waals surface area contributed by atoms with Crippen LogP contribution in [0.4, 0.5) is 0 Å². The van der Waals surface area contributed by atoms with Gasteiger partial charge in [0.2, 0.25) is 0 Å². The van der Waals surface area contributed by atoms with Gasteiger partial charge in [-0.25, -0.2) is 0 Å². The van der Waals surface area contributed by atoms with E-state index in [1.807, 2.05) is 0 Å². The largest absolute Gasteiger partial charge is 0.468 e. The molecule has 0 bridgehead atoms. The van der Waals surface area contributed by atoms with Gasteiger partial charge in [0.05, 0.1) is 13.7 Å². The first kappa shape index (κ1) is 9.93. The van der Waals surface area contributed by atoms with Gasteiger partial charge >= 0.3 is 5.97 Å². The number of aliphatic hydroxyl groups excluding tert-OH is 1. The first-order chi connectivity index (χ1) is 6.74. The fraction of sp³-hybridized carbons (Fsp3) is 0.900. The zero-order chi connectivity index (χ0) is 10.2. The highest BCUT2D eigenvalue weighted by Crippen LogP contribution is 2.42. The number of methoxy groups -OCH3 is 1. The van der Waals surface area contributed by atoms with Crippen molar-refractivity contribution in [3.8, 4) is 0 Å². The lowest BCUT2D eigenvalue weighted by molar-refractivity contribution is -0.152. The van der Waals surface area contributed by atoms with Crippen molar-refractivity contribution in [1.29, 1.82) is 0 Å². The number of esters is 1. The molecule has 2 atom stereocenters. The first-order valence-electron chi connectivity index (χ1n) is 5.20. The Hall–Kier alpha value is -0.610. The molecule has 2 saturated heterocycles. The number of nitrogens with zero attached hydrogens (tertiary/aromatic N) is 1. The van der Waals surface area contributed by atoms with Crippen molar-refractivity contribution in [2.45, 2.75) is 37.3 Å². The number of fused-ring (bicyclic) bond motifs is 1. The van der Waals surface area contributed by atoms with E-state index in [1.54, 1.807) is 0 Å². The van der Waals surface area contributed by atoms with Crippen molar-refractivity contribution in [2.24, 2.45) is 0 Å². The third kappa shape index (κ3) is 1.17. The molecule has 4 heteroatoms. The fourth-order valence-corrected chi connectivity index (χ4v) is 2.96. The second-order valence-electron chi connectivity index (χ2n) is 4.20. The van der Waals surface area contributed by atoms with E-state index in [4.69, 9.17) is 4.74 Å². The lowest BCUT2D eigenvalue weighted by Gasteiger charge is -2.31. The summed E-state index contributed by atoms with van der Waals surface area (Å²) in [6, 6.07) is 0.164. The van der Waals surface area contributed by atoms with Gasteiger partial charge in [-0.15, -0.1) is 0 Å². The number of ether oxygens (including phenoxy) is 1. The predicted molar refractivity (Wildman–Crippen MR) is 50.8 cm³/mol. The van der Waals surface area contributed by atoms with Crippen molar-refractivity contribution in [3.05, 3.63) is 0 Å². The van der Waals surface area contributed by atoms with Gasteiger partial charge in [0.15, 0.2) is 0 Å². The Bertz CT molecular complexity index is 244. The van der Waals surface area contributed by atoms with E-state index in [-0.39, 0.29) is 18.6 Å². The Balaban J connectivity index is 2.22. The highest BCUT2D eigenvalue weighted by Gasteiger charge is 2.54. The average molecular weight is 199 g/mol. The van der Waals surface area contributed by atoms with Crippen molar-refractivity contribution < 1.29 is 14.6 Å². The summed E-state index contributed by atoms with van der Waals surface area (Å²) in [5.74, 6) is -0.119. The van der Waals surface area contributed by atoms with Crippen LogP contribution in [0.25, 0.3) is 0 Å². The molecule has 2 rings (SSSR count). The predicted octanol–water partition coefficient (Wildman–Crippen LogP) is 0.149. The summed E-state index contributed by atoms with van der Waals surface area (Å²) in [6.45, 7) is 1.07. The van der Waals surface area contributed by atoms with Gasteiger partial charge in [0.1, 0.15) is 5.54 Å². The molecule has 2 aliphatic rings. The summed E-state index contributed by atoms with van der Waals surface area (Å²) in [5, 5.41) is 9.19. The Morgan fingerprint density at radius 1 is 1.64 bits per heavy atom. The molecule has 14 heavy (non-hydrogen) atoms. The first-order valence-corrected chi connectivity index (χ1v) is 5.20. The molecule has 0 aromatic heterocycles. The number of rotatable bonds is 2. The molecular weight excluding hydrogens is 182 g/mol. The molecule has 0 unspecified atom stereocenters. The molecule has 2 fully saturated rings. The summed E-state index contributed by atoms with van der Waals surface area (Å²) >= 11 is 0. The van der Waals surface area contributed by atoms with Gasteiger partial charge in [0, 0.05) is 6.04 Å². The van der Waals surface area contributed by atoms with Crippen molar-refractivity contribution in [3.63, 3.8) is 0 Å². The lowest BCUT2D eigenvalue weighted by atomic mass is 9.94. The number of carbonyl (C=O) groups excluding carboxylic acids is 1. The van der Waals surface area contributed by atoms with E-state index < -0.39 is 5.54 Å². The molecule has 0 aromatic rings. The van der Waals surface area contributed by atoms with E-state index in [9.17, 15) is 9.90 Å². The topological polar surface area (TPSA) is 49.8 Å². The minimum absolute atomic E-state index is 0.119. The number of aliphatic hydroxyl groups is 1. The maximum absolute atomic E-state index is 11.7. The third-order valence-electron chi connectivity index (χ3n) is 3.65. The zero-order valence-corrected chi connectivity index (χ0v) is 8.53. The Labute approximate surface area is 83.8 Å². The molecule has 0 amide bonds. The van der Waals surface area contributed by atoms with Crippen LogP contribution in [0.1, 0.15) is 25.7 Å². The molecular formula is C10H17NO3. The molecule has 0 spiro atoms. The second kappa shape index (κ2) is 3.51. The van der Waals surface area contributed by atoms with E-state index in [1.165, 1.54) is 7.11 Å². The number of hydrogen-bond donors (Lipinski definition) is 1. The Morgan fingerprint density at radius 2 is 2.43 bits per heavy atom. The summed E-state index contributed by atoms with van der Waals surface area (Å²) in [7, 11) is 1.44. The van der Waals surface area contributed by atoms with Gasteiger partial charge < -0.3 is 9.84 Å². The van der Waals surface area contributed by atoms with E-state index in [0.717, 1.165) is 32.2 Å². The summed E-state index contributed by atoms with van der Waals surface area (Å²) in [5.41, 5.74) is -0.401. The van der Waals surface area contributed by atoms with Gasteiger partial charge in [-0.05, 0) is 32.2 Å². The van der Waals surface area contributed by atoms with Crippen LogP contribution < -0.4 is 0 Å². The highest BCUT2D eigenvalue weighted by atomic mass is 16.5. The Kier molecular flexibility index (Phi) is 2.49. The summed E-state index contributed by atoms with van der Waals surface area (Å²) in [4.78, 5) is 13.9. The molecule has 0 aliphatic carbocycles. The van der Waals surface area contributed by atoms with Crippen molar-refractivity contribution in [1.82, 2.24) is 4.90 Å². The van der Waals surface area contributed by atoms with Gasteiger partial charge in [-0.2, -0.15) is 0 Å². The quantitative estimate of drug-likeness (QED) is 0.643. The monoisotopic (exact) mass is 199 g/mol. The molecule has 2 heterocycles. The zero-order valence-electron chi connectivity index (χ0n) is 8.53. The highest BCUT2D eigenvalue weighted by molar-refractivity contribution is 5.81. The molecule has 0 aromatic carbocycles. The lowest BCUT2D eigenvalue weighted by Crippen LogP contribution is -2.49. The van der Waals surface area contributed by atoms with Gasteiger partial charge in [0.25, 0.3) is 0 Å². The van der Waals surface area contributed by atoms with Crippen LogP contribution in [0.15, 0.2) is 0 Å². The summed E-state index contributed by atoms with van der Waals surface area (Å²) < 4.78 is 4.87. The maximum atomic E-state index is 11.7. The van der Waals surface area contributed by atoms with Crippen molar-refractivity contribution in [2.75, 3.05) is 20.3 Å². The SMILES string of the molecule is COC(=O)[C@]12CCCN1[C@H](CO)CC2. The Morgan fingerprint density at radius 3 is 3.07 bits per heavy atom. The number of carbonyl (C=O) groups is 1. The average Bonchev–Trinajstić information content (AvgIpc) is 2.74. The van der Waals surface area contributed by atoms with Crippen LogP contribution in [0.5, 0.6) is 0 Å². The molecule has 0 radical (unpaired) electrons. The molecule has 4 nitrogen and oxygen atoms in total. The van der Waals surface area contributed by atoms with E-state index >= 15 is 0 Å². The van der Waals surface area contributed by atoms with Crippen LogP contribution in [-0.2, 0) is 9.53 Å². The van der Waals surface area contributed by atoms with Crippen LogP contribution in [0.2, 0.25) is 0 Å². The van der Waals surface area contributed by atoms with Crippen LogP contribution in [-0.4, -0.2) is 47.8 Å². The molecule has 80 valence electrons. The van der Waals surface area contributed by atoms with Crippen molar-refractivity contribution >= 4 is 5.97 Å². The van der Waals surface area contributed by atoms with Crippen LogP contribution in [0.3, 0.4) is 0 Å². The van der Waals surface area contributed by atoms with Crippen LogP contribution >= 0.6 is 0 Å². The van der Waals surface area contributed by atoms with Gasteiger partial charge in [-0.1, -0.05) is 0 Å². The minimum Gasteiger partial charge on any atom is -0.468 e. The standard InChI is InChI=1S/C10H17NO3/c1-14-9(13)10-4-2-6-11(10)8(7-12)3-5-10/h8,12H,2-7H2,1H3/t8-,10+/m0/s1. The number of hydrogen-bond acceptors (Lipinski definition) is 4. The molecule has 0 saturated carbocycles. The normalized spacial score (nSPS) is 37.1. The van der Waals surface area contributed by atoms with E-state index in [2.05, 4.69) is 4.90 Å². The maximum Gasteiger partial charge on any atom is 0.326 e. The van der Waals surface area contributed by atoms with E-state index in [0.29, 0.717) is 0 Å². The smallest absolute Gasteiger partial charge is 0.326 e. The molecule has 2 aliphatic heterocycles. The fourth-order valence-electron chi connectivity index (χ4n) is 2.96. The van der Waals surface area contributed by atoms with Crippen LogP contribution in [0, 0.1) is 0 Å². The molecule has 1 N–H and O–H groups in total. The van der Waals surface area contributed by atoms with Gasteiger partial charge in [-0.3, -0.25) is 9.69 Å². The second-order valence-corrected chi connectivity index (χ2v) is 4.20.